The summed E-state index contributed by atoms with van der Waals surface area (Å²) in [6.45, 7) is 0.823. The topological polar surface area (TPSA) is 57.2 Å². The van der Waals surface area contributed by atoms with Crippen molar-refractivity contribution >= 4 is 16.7 Å². The smallest absolute Gasteiger partial charge is 0.255 e. The number of benzene rings is 4. The third-order valence-electron chi connectivity index (χ3n) is 6.75. The minimum absolute atomic E-state index is 0.0270. The fourth-order valence-corrected chi connectivity index (χ4v) is 4.92. The number of methoxy groups -OCH3 is 3. The highest BCUT2D eigenvalue weighted by atomic mass is 16.5. The molecule has 0 aliphatic carbocycles. The van der Waals surface area contributed by atoms with Crippen molar-refractivity contribution in [3.8, 4) is 23.0 Å². The Bertz CT molecular complexity index is 1390. The molecular formula is C30H29NO5. The van der Waals surface area contributed by atoms with Crippen molar-refractivity contribution in [1.82, 2.24) is 4.90 Å². The molecule has 0 spiro atoms. The van der Waals surface area contributed by atoms with Crippen molar-refractivity contribution in [3.05, 3.63) is 95.6 Å². The zero-order valence-corrected chi connectivity index (χ0v) is 20.7. The SMILES string of the molecule is COc1cc2c(cc1OC)C(COc1ccccc1OC)N(C(=O)c1cccc3ccccc13)CC2. The van der Waals surface area contributed by atoms with Crippen molar-refractivity contribution in [3.63, 3.8) is 0 Å². The third-order valence-corrected chi connectivity index (χ3v) is 6.75. The first-order valence-electron chi connectivity index (χ1n) is 11.9. The molecule has 6 heteroatoms. The van der Waals surface area contributed by atoms with Gasteiger partial charge in [-0.05, 0) is 58.7 Å². The van der Waals surface area contributed by atoms with Crippen LogP contribution in [0, 0.1) is 0 Å². The summed E-state index contributed by atoms with van der Waals surface area (Å²) < 4.78 is 22.9. The standard InChI is InChI=1S/C30H29NO5/c1-33-26-13-6-7-14-27(26)36-19-25-24-18-29(35-3)28(34-2)17-21(24)15-16-31(25)30(32)23-12-8-10-20-9-4-5-11-22(20)23/h4-14,17-18,25H,15-16,19H2,1-3H3. The van der Waals surface area contributed by atoms with E-state index in [1.807, 2.05) is 83.8 Å². The lowest BCUT2D eigenvalue weighted by Crippen LogP contribution is -2.42. The molecule has 0 fully saturated rings. The van der Waals surface area contributed by atoms with Crippen LogP contribution in [0.4, 0.5) is 0 Å². The van der Waals surface area contributed by atoms with Gasteiger partial charge in [0.05, 0.1) is 27.4 Å². The van der Waals surface area contributed by atoms with E-state index in [0.29, 0.717) is 41.5 Å². The second-order valence-electron chi connectivity index (χ2n) is 8.66. The van der Waals surface area contributed by atoms with Crippen LogP contribution < -0.4 is 18.9 Å². The number of amides is 1. The van der Waals surface area contributed by atoms with Crippen LogP contribution in [0.25, 0.3) is 10.8 Å². The van der Waals surface area contributed by atoms with Gasteiger partial charge in [0.25, 0.3) is 5.91 Å². The van der Waals surface area contributed by atoms with Gasteiger partial charge < -0.3 is 23.8 Å². The second kappa shape index (κ2) is 10.2. The van der Waals surface area contributed by atoms with Crippen molar-refractivity contribution in [1.29, 1.82) is 0 Å². The van der Waals surface area contributed by atoms with Gasteiger partial charge >= 0.3 is 0 Å². The molecule has 0 bridgehead atoms. The van der Waals surface area contributed by atoms with Gasteiger partial charge in [0.15, 0.2) is 23.0 Å². The Labute approximate surface area is 211 Å². The van der Waals surface area contributed by atoms with Crippen molar-refractivity contribution < 1.29 is 23.7 Å². The normalized spacial score (nSPS) is 14.8. The van der Waals surface area contributed by atoms with Crippen LogP contribution >= 0.6 is 0 Å². The highest BCUT2D eigenvalue weighted by Gasteiger charge is 2.34. The van der Waals surface area contributed by atoms with Gasteiger partial charge in [-0.3, -0.25) is 4.79 Å². The molecule has 0 aromatic heterocycles. The number of ether oxygens (including phenoxy) is 4. The second-order valence-corrected chi connectivity index (χ2v) is 8.66. The van der Waals surface area contributed by atoms with Crippen molar-refractivity contribution in [2.45, 2.75) is 12.5 Å². The first-order chi connectivity index (χ1) is 17.6. The molecule has 4 aromatic carbocycles. The van der Waals surface area contributed by atoms with Crippen LogP contribution in [-0.2, 0) is 6.42 Å². The van der Waals surface area contributed by atoms with E-state index < -0.39 is 0 Å². The number of carbonyl (C=O) groups is 1. The fourth-order valence-electron chi connectivity index (χ4n) is 4.92. The van der Waals surface area contributed by atoms with Crippen LogP contribution in [0.15, 0.2) is 78.9 Å². The third kappa shape index (κ3) is 4.31. The summed E-state index contributed by atoms with van der Waals surface area (Å²) in [7, 11) is 4.86. The van der Waals surface area contributed by atoms with Gasteiger partial charge in [-0.2, -0.15) is 0 Å². The Hall–Kier alpha value is -4.19. The maximum absolute atomic E-state index is 14.0. The van der Waals surface area contributed by atoms with E-state index in [9.17, 15) is 4.79 Å². The molecule has 1 aliphatic heterocycles. The van der Waals surface area contributed by atoms with E-state index >= 15 is 0 Å². The monoisotopic (exact) mass is 483 g/mol. The number of rotatable bonds is 7. The molecule has 0 saturated carbocycles. The number of para-hydroxylation sites is 2. The van der Waals surface area contributed by atoms with Crippen LogP contribution in [0.2, 0.25) is 0 Å². The maximum Gasteiger partial charge on any atom is 0.255 e. The van der Waals surface area contributed by atoms with Crippen LogP contribution in [0.3, 0.4) is 0 Å². The van der Waals surface area contributed by atoms with E-state index in [0.717, 1.165) is 21.9 Å². The van der Waals surface area contributed by atoms with Crippen LogP contribution in [0.5, 0.6) is 23.0 Å². The van der Waals surface area contributed by atoms with Gasteiger partial charge in [-0.1, -0.05) is 48.5 Å². The fraction of sp³-hybridized carbons (Fsp3) is 0.233. The highest BCUT2D eigenvalue weighted by molar-refractivity contribution is 6.07. The van der Waals surface area contributed by atoms with E-state index in [1.54, 1.807) is 21.3 Å². The lowest BCUT2D eigenvalue weighted by Gasteiger charge is -2.38. The largest absolute Gasteiger partial charge is 0.493 e. The first-order valence-corrected chi connectivity index (χ1v) is 11.9. The number of carbonyl (C=O) groups excluding carboxylic acids is 1. The molecule has 1 aliphatic rings. The molecule has 36 heavy (non-hydrogen) atoms. The van der Waals surface area contributed by atoms with Crippen molar-refractivity contribution in [2.75, 3.05) is 34.5 Å². The summed E-state index contributed by atoms with van der Waals surface area (Å²) in [5, 5.41) is 1.97. The van der Waals surface area contributed by atoms with E-state index in [1.165, 1.54) is 0 Å². The number of fused-ring (bicyclic) bond motifs is 2. The Morgan fingerprint density at radius 3 is 2.25 bits per heavy atom. The number of hydrogen-bond acceptors (Lipinski definition) is 5. The molecule has 0 radical (unpaired) electrons. The predicted molar refractivity (Wildman–Crippen MR) is 139 cm³/mol. The summed E-state index contributed by atoms with van der Waals surface area (Å²) in [6.07, 6.45) is 0.706. The zero-order chi connectivity index (χ0) is 25.1. The molecule has 0 N–H and O–H groups in total. The first kappa shape index (κ1) is 23.5. The predicted octanol–water partition coefficient (Wildman–Crippen LogP) is 5.68. The molecular weight excluding hydrogens is 454 g/mol. The summed E-state index contributed by atoms with van der Waals surface area (Å²) in [6, 6.07) is 25.0. The molecule has 1 unspecified atom stereocenters. The summed E-state index contributed by atoms with van der Waals surface area (Å²) in [5.41, 5.74) is 2.78. The molecule has 1 heterocycles. The Kier molecular flexibility index (Phi) is 6.67. The quantitative estimate of drug-likeness (QED) is 0.338. The van der Waals surface area contributed by atoms with Crippen LogP contribution in [-0.4, -0.2) is 45.3 Å². The summed E-state index contributed by atoms with van der Waals surface area (Å²) in [4.78, 5) is 15.9. The molecule has 5 rings (SSSR count). The number of nitrogens with zero attached hydrogens (tertiary/aromatic N) is 1. The average Bonchev–Trinajstić information content (AvgIpc) is 2.94. The lowest BCUT2D eigenvalue weighted by atomic mass is 9.91. The molecule has 0 saturated heterocycles. The van der Waals surface area contributed by atoms with Gasteiger partial charge in [-0.15, -0.1) is 0 Å². The Morgan fingerprint density at radius 1 is 0.806 bits per heavy atom. The van der Waals surface area contributed by atoms with Gasteiger partial charge in [0.1, 0.15) is 6.61 Å². The highest BCUT2D eigenvalue weighted by Crippen LogP contribution is 2.40. The Balaban J connectivity index is 1.56. The van der Waals surface area contributed by atoms with Gasteiger partial charge in [0, 0.05) is 12.1 Å². The molecule has 1 amide bonds. The molecule has 1 atom stereocenters. The zero-order valence-electron chi connectivity index (χ0n) is 20.7. The van der Waals surface area contributed by atoms with Crippen LogP contribution in [0.1, 0.15) is 27.5 Å². The molecule has 6 nitrogen and oxygen atoms in total. The lowest BCUT2D eigenvalue weighted by molar-refractivity contribution is 0.0589. The Morgan fingerprint density at radius 2 is 1.47 bits per heavy atom. The minimum atomic E-state index is -0.329. The van der Waals surface area contributed by atoms with Gasteiger partial charge in [-0.25, -0.2) is 0 Å². The van der Waals surface area contributed by atoms with E-state index in [-0.39, 0.29) is 18.6 Å². The van der Waals surface area contributed by atoms with Crippen molar-refractivity contribution in [2.24, 2.45) is 0 Å². The number of hydrogen-bond donors (Lipinski definition) is 0. The maximum atomic E-state index is 14.0. The van der Waals surface area contributed by atoms with E-state index in [2.05, 4.69) is 0 Å². The summed E-state index contributed by atoms with van der Waals surface area (Å²) >= 11 is 0. The summed E-state index contributed by atoms with van der Waals surface area (Å²) in [5.74, 6) is 2.55. The average molecular weight is 484 g/mol. The molecule has 184 valence electrons. The van der Waals surface area contributed by atoms with Gasteiger partial charge in [0.2, 0.25) is 0 Å². The minimum Gasteiger partial charge on any atom is -0.493 e. The molecule has 4 aromatic rings. The van der Waals surface area contributed by atoms with E-state index in [4.69, 9.17) is 18.9 Å².